The van der Waals surface area contributed by atoms with Gasteiger partial charge in [0, 0.05) is 0 Å². The monoisotopic (exact) mass is 196 g/mol. The van der Waals surface area contributed by atoms with Gasteiger partial charge in [-0.1, -0.05) is 20.3 Å². The van der Waals surface area contributed by atoms with Crippen molar-refractivity contribution in [3.8, 4) is 0 Å². The Morgan fingerprint density at radius 2 is 2.14 bits per heavy atom. The van der Waals surface area contributed by atoms with E-state index in [1.165, 1.54) is 25.7 Å². The lowest BCUT2D eigenvalue weighted by Crippen LogP contribution is -2.21. The average molecular weight is 196 g/mol. The summed E-state index contributed by atoms with van der Waals surface area (Å²) in [6, 6.07) is 0. The highest BCUT2D eigenvalue weighted by molar-refractivity contribution is 5.71. The van der Waals surface area contributed by atoms with Crippen LogP contribution in [0.15, 0.2) is 0 Å². The highest BCUT2D eigenvalue weighted by atomic mass is 16.5. The van der Waals surface area contributed by atoms with Crippen molar-refractivity contribution in [2.45, 2.75) is 39.5 Å². The Morgan fingerprint density at radius 1 is 1.36 bits per heavy atom. The van der Waals surface area contributed by atoms with E-state index in [0.717, 1.165) is 11.8 Å². The topological polar surface area (TPSA) is 26.3 Å². The second-order valence-electron chi connectivity index (χ2n) is 5.22. The van der Waals surface area contributed by atoms with Crippen LogP contribution >= 0.6 is 0 Å². The molecule has 0 amide bonds. The van der Waals surface area contributed by atoms with Gasteiger partial charge >= 0.3 is 5.97 Å². The smallest absolute Gasteiger partial charge is 0.308 e. The Balaban J connectivity index is 1.74. The molecule has 0 heterocycles. The standard InChI is InChI=1S/C12H20O2/c1-8(2)12(13)14-7-11-6-9-3-4-10(11)5-9/h8-11H,3-7H2,1-2H3. The number of hydrogen-bond acceptors (Lipinski definition) is 2. The van der Waals surface area contributed by atoms with Crippen LogP contribution in [0.2, 0.25) is 0 Å². The molecule has 0 aromatic carbocycles. The molecule has 0 aromatic heterocycles. The molecule has 0 aromatic rings. The molecule has 0 spiro atoms. The molecule has 3 atom stereocenters. The van der Waals surface area contributed by atoms with Crippen molar-refractivity contribution >= 4 is 5.97 Å². The molecule has 0 radical (unpaired) electrons. The molecule has 2 rings (SSSR count). The third-order valence-corrected chi connectivity index (χ3v) is 3.80. The third kappa shape index (κ3) is 1.94. The molecule has 0 aliphatic heterocycles. The van der Waals surface area contributed by atoms with E-state index >= 15 is 0 Å². The molecule has 3 unspecified atom stereocenters. The van der Waals surface area contributed by atoms with Gasteiger partial charge in [-0.15, -0.1) is 0 Å². The van der Waals surface area contributed by atoms with Crippen molar-refractivity contribution in [3.63, 3.8) is 0 Å². The fourth-order valence-corrected chi connectivity index (χ4v) is 2.94. The van der Waals surface area contributed by atoms with Crippen LogP contribution in [-0.2, 0) is 9.53 Å². The molecule has 0 saturated heterocycles. The first-order chi connectivity index (χ1) is 6.66. The number of rotatable bonds is 3. The molecule has 14 heavy (non-hydrogen) atoms. The summed E-state index contributed by atoms with van der Waals surface area (Å²) >= 11 is 0. The summed E-state index contributed by atoms with van der Waals surface area (Å²) in [5.41, 5.74) is 0. The summed E-state index contributed by atoms with van der Waals surface area (Å²) in [5, 5.41) is 0. The largest absolute Gasteiger partial charge is 0.465 e. The molecular weight excluding hydrogens is 176 g/mol. The minimum absolute atomic E-state index is 0.0218. The third-order valence-electron chi connectivity index (χ3n) is 3.80. The molecule has 2 aliphatic carbocycles. The van der Waals surface area contributed by atoms with Crippen molar-refractivity contribution in [1.82, 2.24) is 0 Å². The minimum Gasteiger partial charge on any atom is -0.465 e. The van der Waals surface area contributed by atoms with Crippen molar-refractivity contribution in [1.29, 1.82) is 0 Å². The number of ether oxygens (including phenoxy) is 1. The van der Waals surface area contributed by atoms with Gasteiger partial charge in [0.1, 0.15) is 0 Å². The summed E-state index contributed by atoms with van der Waals surface area (Å²) in [5.74, 6) is 2.47. The lowest BCUT2D eigenvalue weighted by molar-refractivity contribution is -0.149. The van der Waals surface area contributed by atoms with Gasteiger partial charge in [-0.2, -0.15) is 0 Å². The second kappa shape index (κ2) is 3.92. The summed E-state index contributed by atoms with van der Waals surface area (Å²) in [4.78, 5) is 11.3. The van der Waals surface area contributed by atoms with Gasteiger partial charge in [-0.05, 0) is 37.0 Å². The van der Waals surface area contributed by atoms with Crippen LogP contribution in [0.3, 0.4) is 0 Å². The van der Waals surface area contributed by atoms with E-state index in [2.05, 4.69) is 0 Å². The maximum atomic E-state index is 11.3. The molecule has 2 heteroatoms. The molecule has 2 bridgehead atoms. The van der Waals surface area contributed by atoms with Crippen LogP contribution in [0.5, 0.6) is 0 Å². The Kier molecular flexibility index (Phi) is 2.80. The summed E-state index contributed by atoms with van der Waals surface area (Å²) in [7, 11) is 0. The van der Waals surface area contributed by atoms with E-state index in [1.54, 1.807) is 0 Å². The lowest BCUT2D eigenvalue weighted by atomic mass is 9.89. The van der Waals surface area contributed by atoms with Gasteiger partial charge in [-0.25, -0.2) is 0 Å². The lowest BCUT2D eigenvalue weighted by Gasteiger charge is -2.21. The highest BCUT2D eigenvalue weighted by Gasteiger charge is 2.39. The first-order valence-electron chi connectivity index (χ1n) is 5.83. The number of carbonyl (C=O) groups excluding carboxylic acids is 1. The van der Waals surface area contributed by atoms with Crippen molar-refractivity contribution < 1.29 is 9.53 Å². The van der Waals surface area contributed by atoms with Gasteiger partial charge in [-0.3, -0.25) is 4.79 Å². The van der Waals surface area contributed by atoms with E-state index in [-0.39, 0.29) is 11.9 Å². The van der Waals surface area contributed by atoms with Crippen LogP contribution in [0.4, 0.5) is 0 Å². The van der Waals surface area contributed by atoms with E-state index in [4.69, 9.17) is 4.74 Å². The summed E-state index contributed by atoms with van der Waals surface area (Å²) in [6.45, 7) is 4.46. The van der Waals surface area contributed by atoms with E-state index in [0.29, 0.717) is 12.5 Å². The molecule has 2 fully saturated rings. The first-order valence-corrected chi connectivity index (χ1v) is 5.83. The Morgan fingerprint density at radius 3 is 2.64 bits per heavy atom. The summed E-state index contributed by atoms with van der Waals surface area (Å²) in [6.07, 6.45) is 5.48. The Hall–Kier alpha value is -0.530. The van der Waals surface area contributed by atoms with Gasteiger partial charge in [0.2, 0.25) is 0 Å². The van der Waals surface area contributed by atoms with Crippen LogP contribution in [0.1, 0.15) is 39.5 Å². The van der Waals surface area contributed by atoms with Crippen molar-refractivity contribution in [3.05, 3.63) is 0 Å². The summed E-state index contributed by atoms with van der Waals surface area (Å²) < 4.78 is 5.30. The van der Waals surface area contributed by atoms with Crippen molar-refractivity contribution in [2.24, 2.45) is 23.7 Å². The molecule has 2 aliphatic rings. The maximum absolute atomic E-state index is 11.3. The van der Waals surface area contributed by atoms with E-state index < -0.39 is 0 Å². The second-order valence-corrected chi connectivity index (χ2v) is 5.22. The fourth-order valence-electron chi connectivity index (χ4n) is 2.94. The van der Waals surface area contributed by atoms with E-state index in [1.807, 2.05) is 13.8 Å². The predicted octanol–water partition coefficient (Wildman–Crippen LogP) is 2.62. The highest BCUT2D eigenvalue weighted by Crippen LogP contribution is 2.48. The maximum Gasteiger partial charge on any atom is 0.308 e. The Labute approximate surface area is 86.0 Å². The van der Waals surface area contributed by atoms with Crippen LogP contribution in [-0.4, -0.2) is 12.6 Å². The SMILES string of the molecule is CC(C)C(=O)OCC1CC2CCC1C2. The molecule has 80 valence electrons. The first kappa shape index (κ1) is 10.0. The number of hydrogen-bond donors (Lipinski definition) is 0. The quantitative estimate of drug-likeness (QED) is 0.649. The van der Waals surface area contributed by atoms with Crippen LogP contribution in [0.25, 0.3) is 0 Å². The van der Waals surface area contributed by atoms with Gasteiger partial charge < -0.3 is 4.74 Å². The Bertz CT molecular complexity index is 222. The van der Waals surface area contributed by atoms with Gasteiger partial charge in [0.15, 0.2) is 0 Å². The number of carbonyl (C=O) groups is 1. The molecule has 2 saturated carbocycles. The predicted molar refractivity (Wildman–Crippen MR) is 54.7 cm³/mol. The van der Waals surface area contributed by atoms with Crippen LogP contribution < -0.4 is 0 Å². The average Bonchev–Trinajstić information content (AvgIpc) is 2.74. The molecular formula is C12H20O2. The zero-order valence-electron chi connectivity index (χ0n) is 9.16. The number of esters is 1. The number of fused-ring (bicyclic) bond motifs is 2. The van der Waals surface area contributed by atoms with Crippen LogP contribution in [0, 0.1) is 23.7 Å². The molecule has 2 nitrogen and oxygen atoms in total. The normalized spacial score (nSPS) is 35.2. The minimum atomic E-state index is -0.0345. The van der Waals surface area contributed by atoms with Gasteiger partial charge in [0.05, 0.1) is 12.5 Å². The zero-order chi connectivity index (χ0) is 10.1. The molecule has 0 N–H and O–H groups in total. The van der Waals surface area contributed by atoms with Crippen molar-refractivity contribution in [2.75, 3.05) is 6.61 Å². The fraction of sp³-hybridized carbons (Fsp3) is 0.917. The zero-order valence-corrected chi connectivity index (χ0v) is 9.16. The van der Waals surface area contributed by atoms with Gasteiger partial charge in [0.25, 0.3) is 0 Å². The van der Waals surface area contributed by atoms with E-state index in [9.17, 15) is 4.79 Å².